The van der Waals surface area contributed by atoms with Crippen LogP contribution in [0.2, 0.25) is 0 Å². The summed E-state index contributed by atoms with van der Waals surface area (Å²) in [5, 5.41) is 6.73. The third-order valence-corrected chi connectivity index (χ3v) is 4.39. The van der Waals surface area contributed by atoms with E-state index < -0.39 is 0 Å². The average molecular weight is 504 g/mol. The number of nitrogens with zero attached hydrogens (tertiary/aromatic N) is 2. The van der Waals surface area contributed by atoms with Gasteiger partial charge in [-0.1, -0.05) is 13.8 Å². The van der Waals surface area contributed by atoms with Crippen LogP contribution in [0, 0.1) is 0 Å². The van der Waals surface area contributed by atoms with Crippen LogP contribution in [0.1, 0.15) is 37.8 Å². The van der Waals surface area contributed by atoms with E-state index in [0.29, 0.717) is 13.2 Å². The average Bonchev–Trinajstić information content (AvgIpc) is 3.40. The van der Waals surface area contributed by atoms with Gasteiger partial charge < -0.3 is 24.2 Å². The summed E-state index contributed by atoms with van der Waals surface area (Å²) in [6.45, 7) is 8.93. The van der Waals surface area contributed by atoms with Crippen molar-refractivity contribution in [2.45, 2.75) is 32.9 Å². The predicted octanol–water partition coefficient (Wildman–Crippen LogP) is 3.65. The van der Waals surface area contributed by atoms with Crippen molar-refractivity contribution in [3.8, 4) is 0 Å². The van der Waals surface area contributed by atoms with Crippen LogP contribution < -0.4 is 10.6 Å². The topological polar surface area (TPSA) is 75.2 Å². The number of nitrogens with one attached hydrogen (secondary N) is 2. The number of halogens is 1. The zero-order chi connectivity index (χ0) is 19.3. The summed E-state index contributed by atoms with van der Waals surface area (Å²) in [5.74, 6) is 2.60. The van der Waals surface area contributed by atoms with Crippen LogP contribution in [0.15, 0.2) is 50.6 Å². The minimum atomic E-state index is 0. The fourth-order valence-corrected chi connectivity index (χ4v) is 2.92. The summed E-state index contributed by atoms with van der Waals surface area (Å²) < 4.78 is 16.5. The van der Waals surface area contributed by atoms with Crippen LogP contribution in [0.25, 0.3) is 0 Å². The number of hydrogen-bond donors (Lipinski definition) is 2. The van der Waals surface area contributed by atoms with E-state index in [1.165, 1.54) is 0 Å². The Morgan fingerprint density at radius 1 is 1.14 bits per heavy atom. The van der Waals surface area contributed by atoms with Crippen LogP contribution >= 0.6 is 24.0 Å². The molecule has 0 bridgehead atoms. The van der Waals surface area contributed by atoms with Crippen LogP contribution in [-0.2, 0) is 11.3 Å². The largest absolute Gasteiger partial charge is 0.468 e. The number of aliphatic imine (C=N–C) groups is 1. The third-order valence-electron chi connectivity index (χ3n) is 4.39. The van der Waals surface area contributed by atoms with E-state index in [-0.39, 0.29) is 30.0 Å². The number of likely N-dealkylation sites (N-methyl/N-ethyl adjacent to an activating group) is 1. The second-order valence-corrected chi connectivity index (χ2v) is 6.12. The zero-order valence-electron chi connectivity index (χ0n) is 17.0. The Kier molecular flexibility index (Phi) is 12.7. The Bertz CT molecular complexity index is 628. The first-order valence-electron chi connectivity index (χ1n) is 9.60. The minimum Gasteiger partial charge on any atom is -0.468 e. The van der Waals surface area contributed by atoms with Gasteiger partial charge in [-0.15, -0.1) is 24.0 Å². The van der Waals surface area contributed by atoms with E-state index in [1.54, 1.807) is 19.6 Å². The van der Waals surface area contributed by atoms with E-state index in [0.717, 1.165) is 50.1 Å². The van der Waals surface area contributed by atoms with E-state index in [4.69, 9.17) is 13.6 Å². The molecule has 0 fully saturated rings. The molecular formula is C20H33IN4O3. The molecule has 2 aromatic heterocycles. The zero-order valence-corrected chi connectivity index (χ0v) is 19.3. The smallest absolute Gasteiger partial charge is 0.191 e. The maximum absolute atomic E-state index is 5.64. The van der Waals surface area contributed by atoms with Gasteiger partial charge in [0.05, 0.1) is 18.6 Å². The Hall–Kier alpha value is -1.52. The molecule has 0 spiro atoms. The molecule has 0 radical (unpaired) electrons. The minimum absolute atomic E-state index is 0. The SMILES string of the molecule is CCN(CC)C(CNC(=NC)NCCCOCc1ccco1)c1ccco1.I. The maximum atomic E-state index is 5.64. The molecule has 7 nitrogen and oxygen atoms in total. The van der Waals surface area contributed by atoms with Crippen molar-refractivity contribution in [3.05, 3.63) is 48.3 Å². The van der Waals surface area contributed by atoms with Crippen LogP contribution in [0.3, 0.4) is 0 Å². The summed E-state index contributed by atoms with van der Waals surface area (Å²) in [5.41, 5.74) is 0. The van der Waals surface area contributed by atoms with Crippen molar-refractivity contribution in [3.63, 3.8) is 0 Å². The van der Waals surface area contributed by atoms with E-state index in [1.807, 2.05) is 24.3 Å². The maximum Gasteiger partial charge on any atom is 0.191 e. The Morgan fingerprint density at radius 3 is 2.50 bits per heavy atom. The number of rotatable bonds is 12. The first-order chi connectivity index (χ1) is 13.3. The number of ether oxygens (including phenoxy) is 1. The van der Waals surface area contributed by atoms with Gasteiger partial charge in [-0.2, -0.15) is 0 Å². The molecule has 0 amide bonds. The van der Waals surface area contributed by atoms with E-state index >= 15 is 0 Å². The number of hydrogen-bond acceptors (Lipinski definition) is 5. The molecule has 2 rings (SSSR count). The van der Waals surface area contributed by atoms with Gasteiger partial charge in [0.25, 0.3) is 0 Å². The summed E-state index contributed by atoms with van der Waals surface area (Å²) in [7, 11) is 1.78. The molecule has 28 heavy (non-hydrogen) atoms. The van der Waals surface area contributed by atoms with Crippen LogP contribution in [0.4, 0.5) is 0 Å². The highest BCUT2D eigenvalue weighted by Gasteiger charge is 2.20. The molecule has 8 heteroatoms. The number of guanidine groups is 1. The Labute approximate surface area is 184 Å². The van der Waals surface area contributed by atoms with Gasteiger partial charge in [0.1, 0.15) is 18.1 Å². The van der Waals surface area contributed by atoms with Gasteiger partial charge >= 0.3 is 0 Å². The summed E-state index contributed by atoms with van der Waals surface area (Å²) in [4.78, 5) is 6.66. The van der Waals surface area contributed by atoms with Gasteiger partial charge in [0, 0.05) is 26.7 Å². The van der Waals surface area contributed by atoms with Gasteiger partial charge in [0.15, 0.2) is 5.96 Å². The van der Waals surface area contributed by atoms with Crippen molar-refractivity contribution in [2.75, 3.05) is 39.8 Å². The lowest BCUT2D eigenvalue weighted by Gasteiger charge is -2.28. The molecule has 1 unspecified atom stereocenters. The standard InChI is InChI=1S/C20H32N4O3.HI/c1-4-24(5-2)18(19-10-7-14-27-19)15-23-20(21-3)22-11-8-12-25-16-17-9-6-13-26-17;/h6-7,9-10,13-14,18H,4-5,8,11-12,15-16H2,1-3H3,(H2,21,22,23);1H. The summed E-state index contributed by atoms with van der Waals surface area (Å²) >= 11 is 0. The second kappa shape index (κ2) is 14.5. The molecule has 0 saturated heterocycles. The van der Waals surface area contributed by atoms with Crippen molar-refractivity contribution < 1.29 is 13.6 Å². The highest BCUT2D eigenvalue weighted by Crippen LogP contribution is 2.20. The molecule has 158 valence electrons. The molecule has 0 aromatic carbocycles. The lowest BCUT2D eigenvalue weighted by Crippen LogP contribution is -2.43. The molecule has 2 N–H and O–H groups in total. The fourth-order valence-electron chi connectivity index (χ4n) is 2.92. The molecule has 0 aliphatic heterocycles. The highest BCUT2D eigenvalue weighted by atomic mass is 127. The Morgan fingerprint density at radius 2 is 1.89 bits per heavy atom. The first kappa shape index (κ1) is 24.5. The van der Waals surface area contributed by atoms with Crippen molar-refractivity contribution >= 4 is 29.9 Å². The quantitative estimate of drug-likeness (QED) is 0.199. The first-order valence-corrected chi connectivity index (χ1v) is 9.60. The van der Waals surface area contributed by atoms with E-state index in [9.17, 15) is 0 Å². The monoisotopic (exact) mass is 504 g/mol. The van der Waals surface area contributed by atoms with Gasteiger partial charge in [-0.3, -0.25) is 9.89 Å². The van der Waals surface area contributed by atoms with Crippen LogP contribution in [0.5, 0.6) is 0 Å². The molecular weight excluding hydrogens is 471 g/mol. The fraction of sp³-hybridized carbons (Fsp3) is 0.550. The lowest BCUT2D eigenvalue weighted by molar-refractivity contribution is 0.105. The molecule has 1 atom stereocenters. The molecule has 0 aliphatic rings. The highest BCUT2D eigenvalue weighted by molar-refractivity contribution is 14.0. The lowest BCUT2D eigenvalue weighted by atomic mass is 10.2. The predicted molar refractivity (Wildman–Crippen MR) is 122 cm³/mol. The van der Waals surface area contributed by atoms with Crippen molar-refractivity contribution in [2.24, 2.45) is 4.99 Å². The van der Waals surface area contributed by atoms with Crippen molar-refractivity contribution in [1.29, 1.82) is 0 Å². The second-order valence-electron chi connectivity index (χ2n) is 6.12. The van der Waals surface area contributed by atoms with Gasteiger partial charge in [0.2, 0.25) is 0 Å². The molecule has 2 heterocycles. The number of furan rings is 2. The summed E-state index contributed by atoms with van der Waals surface area (Å²) in [6, 6.07) is 7.91. The normalized spacial score (nSPS) is 12.6. The van der Waals surface area contributed by atoms with Gasteiger partial charge in [-0.05, 0) is 43.8 Å². The van der Waals surface area contributed by atoms with Gasteiger partial charge in [-0.25, -0.2) is 0 Å². The Balaban J connectivity index is 0.00000392. The van der Waals surface area contributed by atoms with Crippen molar-refractivity contribution in [1.82, 2.24) is 15.5 Å². The van der Waals surface area contributed by atoms with E-state index in [2.05, 4.69) is 34.4 Å². The molecule has 0 saturated carbocycles. The molecule has 0 aliphatic carbocycles. The summed E-state index contributed by atoms with van der Waals surface area (Å²) in [6.07, 6.45) is 4.27. The molecule has 2 aromatic rings. The van der Waals surface area contributed by atoms with Crippen LogP contribution in [-0.4, -0.2) is 50.7 Å². The third kappa shape index (κ3) is 8.24.